The van der Waals surface area contributed by atoms with Crippen molar-refractivity contribution in [1.29, 1.82) is 0 Å². The molecule has 1 N–H and O–H groups in total. The lowest BCUT2D eigenvalue weighted by molar-refractivity contribution is -0.119. The number of hydrogen-bond donors (Lipinski definition) is 1. The molecule has 0 atom stereocenters. The van der Waals surface area contributed by atoms with Crippen molar-refractivity contribution in [2.45, 2.75) is 6.92 Å². The van der Waals surface area contributed by atoms with E-state index >= 15 is 0 Å². The maximum absolute atomic E-state index is 11.8. The molecule has 0 unspecified atom stereocenters. The molecule has 0 saturated heterocycles. The Labute approximate surface area is 139 Å². The van der Waals surface area contributed by atoms with E-state index < -0.39 is 24.5 Å². The second-order valence-electron chi connectivity index (χ2n) is 4.93. The summed E-state index contributed by atoms with van der Waals surface area (Å²) in [5.74, 6) is -1.47. The van der Waals surface area contributed by atoms with Crippen LogP contribution in [0.15, 0.2) is 42.6 Å². The second kappa shape index (κ2) is 7.96. The monoisotopic (exact) mass is 330 g/mol. The Morgan fingerprint density at radius 3 is 2.33 bits per heavy atom. The maximum Gasteiger partial charge on any atom is 0.355 e. The van der Waals surface area contributed by atoms with Crippen molar-refractivity contribution in [3.05, 3.63) is 53.9 Å². The van der Waals surface area contributed by atoms with E-state index in [-0.39, 0.29) is 0 Å². The van der Waals surface area contributed by atoms with E-state index in [1.807, 2.05) is 0 Å². The highest BCUT2D eigenvalue weighted by Gasteiger charge is 2.13. The van der Waals surface area contributed by atoms with E-state index in [0.29, 0.717) is 23.6 Å². The second-order valence-corrected chi connectivity index (χ2v) is 4.93. The predicted molar refractivity (Wildman–Crippen MR) is 86.7 cm³/mol. The number of esters is 2. The number of carbonyl (C=O) groups excluding carboxylic acids is 3. The van der Waals surface area contributed by atoms with Crippen LogP contribution in [0, 0.1) is 0 Å². The number of benzene rings is 1. The van der Waals surface area contributed by atoms with Gasteiger partial charge in [0.2, 0.25) is 0 Å². The number of rotatable bonds is 6. The topological polar surface area (TPSA) is 86.6 Å². The van der Waals surface area contributed by atoms with Crippen LogP contribution >= 0.6 is 0 Å². The van der Waals surface area contributed by atoms with Crippen LogP contribution in [0.5, 0.6) is 0 Å². The summed E-state index contributed by atoms with van der Waals surface area (Å²) < 4.78 is 11.4. The summed E-state index contributed by atoms with van der Waals surface area (Å²) >= 11 is 0. The zero-order chi connectivity index (χ0) is 17.5. The number of aromatic nitrogens is 1. The number of nitrogens with zero attached hydrogens (tertiary/aromatic N) is 1. The summed E-state index contributed by atoms with van der Waals surface area (Å²) in [5, 5.41) is 2.58. The molecule has 0 fully saturated rings. The van der Waals surface area contributed by atoms with Gasteiger partial charge in [-0.3, -0.25) is 4.79 Å². The van der Waals surface area contributed by atoms with Gasteiger partial charge in [-0.05, 0) is 43.3 Å². The fourth-order valence-electron chi connectivity index (χ4n) is 1.98. The van der Waals surface area contributed by atoms with Crippen LogP contribution in [-0.2, 0) is 21.3 Å². The van der Waals surface area contributed by atoms with Crippen LogP contribution in [0.4, 0.5) is 5.69 Å². The molecule has 0 bridgehead atoms. The fourth-order valence-corrected chi connectivity index (χ4v) is 1.98. The number of aryl methyl sites for hydroxylation is 1. The molecule has 1 aromatic heterocycles. The predicted octanol–water partition coefficient (Wildman–Crippen LogP) is 2.00. The third-order valence-electron chi connectivity index (χ3n) is 3.17. The highest BCUT2D eigenvalue weighted by atomic mass is 16.5. The van der Waals surface area contributed by atoms with Crippen molar-refractivity contribution in [1.82, 2.24) is 4.57 Å². The SMILES string of the molecule is CCOC(=O)c1ccc(NC(=O)COC(=O)c2cccn2C)cc1. The molecule has 7 nitrogen and oxygen atoms in total. The van der Waals surface area contributed by atoms with Crippen molar-refractivity contribution in [3.8, 4) is 0 Å². The van der Waals surface area contributed by atoms with Crippen LogP contribution in [0.1, 0.15) is 27.8 Å². The number of anilines is 1. The molecule has 0 aliphatic carbocycles. The van der Waals surface area contributed by atoms with Gasteiger partial charge >= 0.3 is 11.9 Å². The first-order chi connectivity index (χ1) is 11.5. The largest absolute Gasteiger partial charge is 0.462 e. The van der Waals surface area contributed by atoms with Gasteiger partial charge in [0.1, 0.15) is 5.69 Å². The standard InChI is InChI=1S/C17H18N2O5/c1-3-23-16(21)12-6-8-13(9-7-12)18-15(20)11-24-17(22)14-5-4-10-19(14)2/h4-10H,3,11H2,1-2H3,(H,18,20). The summed E-state index contributed by atoms with van der Waals surface area (Å²) in [4.78, 5) is 35.1. The molecular formula is C17H18N2O5. The lowest BCUT2D eigenvalue weighted by Crippen LogP contribution is -2.21. The first kappa shape index (κ1) is 17.3. The molecular weight excluding hydrogens is 312 g/mol. The molecule has 1 aromatic carbocycles. The summed E-state index contributed by atoms with van der Waals surface area (Å²) in [6, 6.07) is 9.55. The van der Waals surface area contributed by atoms with E-state index in [1.54, 1.807) is 61.1 Å². The lowest BCUT2D eigenvalue weighted by atomic mass is 10.2. The van der Waals surface area contributed by atoms with E-state index in [2.05, 4.69) is 5.32 Å². The highest BCUT2D eigenvalue weighted by Crippen LogP contribution is 2.11. The summed E-state index contributed by atoms with van der Waals surface area (Å²) in [5.41, 5.74) is 1.24. The molecule has 0 aliphatic heterocycles. The van der Waals surface area contributed by atoms with Gasteiger partial charge in [0.15, 0.2) is 6.61 Å². The van der Waals surface area contributed by atoms with Crippen LogP contribution in [0.25, 0.3) is 0 Å². The first-order valence-corrected chi connectivity index (χ1v) is 7.36. The summed E-state index contributed by atoms with van der Waals surface area (Å²) in [6.45, 7) is 1.62. The minimum atomic E-state index is -0.574. The van der Waals surface area contributed by atoms with Crippen molar-refractivity contribution in [2.24, 2.45) is 7.05 Å². The Kier molecular flexibility index (Phi) is 5.73. The van der Waals surface area contributed by atoms with E-state index in [4.69, 9.17) is 9.47 Å². The normalized spacial score (nSPS) is 10.1. The molecule has 7 heteroatoms. The zero-order valence-corrected chi connectivity index (χ0v) is 13.4. The highest BCUT2D eigenvalue weighted by molar-refractivity contribution is 5.95. The Bertz CT molecular complexity index is 734. The van der Waals surface area contributed by atoms with Crippen molar-refractivity contribution in [3.63, 3.8) is 0 Å². The maximum atomic E-state index is 11.8. The Morgan fingerprint density at radius 1 is 1.04 bits per heavy atom. The molecule has 1 amide bonds. The summed E-state index contributed by atoms with van der Waals surface area (Å²) in [7, 11) is 1.71. The lowest BCUT2D eigenvalue weighted by Gasteiger charge is -2.08. The Morgan fingerprint density at radius 2 is 1.75 bits per heavy atom. The number of amides is 1. The first-order valence-electron chi connectivity index (χ1n) is 7.36. The van der Waals surface area contributed by atoms with E-state index in [1.165, 1.54) is 0 Å². The molecule has 2 aromatic rings. The number of hydrogen-bond acceptors (Lipinski definition) is 5. The van der Waals surface area contributed by atoms with Crippen molar-refractivity contribution in [2.75, 3.05) is 18.5 Å². The Balaban J connectivity index is 1.85. The van der Waals surface area contributed by atoms with Gasteiger partial charge in [-0.2, -0.15) is 0 Å². The average Bonchev–Trinajstić information content (AvgIpc) is 2.99. The summed E-state index contributed by atoms with van der Waals surface area (Å²) in [6.07, 6.45) is 1.71. The van der Waals surface area contributed by atoms with Gasteiger partial charge in [0.25, 0.3) is 5.91 Å². The van der Waals surface area contributed by atoms with Crippen LogP contribution in [0.2, 0.25) is 0 Å². The molecule has 1 heterocycles. The van der Waals surface area contributed by atoms with Crippen LogP contribution < -0.4 is 5.32 Å². The smallest absolute Gasteiger partial charge is 0.355 e. The molecule has 0 aliphatic rings. The van der Waals surface area contributed by atoms with Gasteiger partial charge < -0.3 is 19.4 Å². The van der Waals surface area contributed by atoms with Crippen LogP contribution in [-0.4, -0.2) is 35.6 Å². The molecule has 24 heavy (non-hydrogen) atoms. The average molecular weight is 330 g/mol. The number of ether oxygens (including phenoxy) is 2. The van der Waals surface area contributed by atoms with E-state index in [9.17, 15) is 14.4 Å². The van der Waals surface area contributed by atoms with Crippen molar-refractivity contribution >= 4 is 23.5 Å². The van der Waals surface area contributed by atoms with E-state index in [0.717, 1.165) is 0 Å². The van der Waals surface area contributed by atoms with Gasteiger partial charge in [0, 0.05) is 18.9 Å². The van der Waals surface area contributed by atoms with Gasteiger partial charge in [-0.15, -0.1) is 0 Å². The molecule has 126 valence electrons. The molecule has 0 radical (unpaired) electrons. The molecule has 2 rings (SSSR count). The number of carbonyl (C=O) groups is 3. The fraction of sp³-hybridized carbons (Fsp3) is 0.235. The zero-order valence-electron chi connectivity index (χ0n) is 13.4. The third-order valence-corrected chi connectivity index (χ3v) is 3.17. The van der Waals surface area contributed by atoms with Crippen molar-refractivity contribution < 1.29 is 23.9 Å². The Hall–Kier alpha value is -3.09. The molecule has 0 spiro atoms. The van der Waals surface area contributed by atoms with Gasteiger partial charge in [-0.25, -0.2) is 9.59 Å². The third kappa shape index (κ3) is 4.45. The minimum Gasteiger partial charge on any atom is -0.462 e. The number of nitrogens with one attached hydrogen (secondary N) is 1. The minimum absolute atomic E-state index is 0.295. The molecule has 0 saturated carbocycles. The van der Waals surface area contributed by atoms with Gasteiger partial charge in [-0.1, -0.05) is 0 Å². The van der Waals surface area contributed by atoms with Crippen LogP contribution in [0.3, 0.4) is 0 Å². The van der Waals surface area contributed by atoms with Gasteiger partial charge in [0.05, 0.1) is 12.2 Å². The quantitative estimate of drug-likeness (QED) is 0.819.